The summed E-state index contributed by atoms with van der Waals surface area (Å²) >= 11 is 1.53. The van der Waals surface area contributed by atoms with Gasteiger partial charge in [-0.2, -0.15) is 5.26 Å². The summed E-state index contributed by atoms with van der Waals surface area (Å²) in [6.45, 7) is 3.09. The smallest absolute Gasteiger partial charge is 0.251 e. The monoisotopic (exact) mass is 382 g/mol. The molecule has 27 heavy (non-hydrogen) atoms. The van der Waals surface area contributed by atoms with Gasteiger partial charge in [-0.1, -0.05) is 0 Å². The first-order valence-electron chi connectivity index (χ1n) is 8.43. The van der Waals surface area contributed by atoms with Crippen molar-refractivity contribution in [1.29, 1.82) is 5.26 Å². The molecule has 0 bridgehead atoms. The van der Waals surface area contributed by atoms with Crippen LogP contribution in [0, 0.1) is 11.3 Å². The molecule has 7 heteroatoms. The van der Waals surface area contributed by atoms with E-state index < -0.39 is 12.1 Å². The van der Waals surface area contributed by atoms with Gasteiger partial charge in [-0.05, 0) is 43.9 Å². The van der Waals surface area contributed by atoms with E-state index in [-0.39, 0.29) is 12.1 Å². The minimum Gasteiger partial charge on any atom is -0.304 e. The van der Waals surface area contributed by atoms with Crippen molar-refractivity contribution in [2.45, 2.75) is 30.7 Å². The molecule has 3 heterocycles. The van der Waals surface area contributed by atoms with Gasteiger partial charge in [-0.25, -0.2) is 4.39 Å². The fourth-order valence-corrected chi connectivity index (χ4v) is 3.43. The van der Waals surface area contributed by atoms with E-state index in [0.717, 1.165) is 15.8 Å². The van der Waals surface area contributed by atoms with Crippen molar-refractivity contribution >= 4 is 22.7 Å². The number of hydrogen-bond donors (Lipinski definition) is 0. The molecule has 0 aliphatic rings. The second-order valence-electron chi connectivity index (χ2n) is 6.65. The predicted octanol–water partition coefficient (Wildman–Crippen LogP) is 3.95. The Morgan fingerprint density at radius 3 is 2.70 bits per heavy atom. The molecule has 3 aromatic heterocycles. The molecule has 0 saturated heterocycles. The Morgan fingerprint density at radius 1 is 1.26 bits per heavy atom. The first-order chi connectivity index (χ1) is 12.9. The summed E-state index contributed by atoms with van der Waals surface area (Å²) < 4.78 is 14.2. The highest BCUT2D eigenvalue weighted by Crippen LogP contribution is 2.32. The van der Waals surface area contributed by atoms with Gasteiger partial charge in [0.2, 0.25) is 0 Å². The molecule has 0 aromatic carbocycles. The number of pyridine rings is 3. The van der Waals surface area contributed by atoms with Gasteiger partial charge >= 0.3 is 0 Å². The molecule has 0 spiro atoms. The number of nitrogens with zero attached hydrogens (tertiary/aromatic N) is 4. The van der Waals surface area contributed by atoms with Crippen molar-refractivity contribution in [1.82, 2.24) is 14.5 Å². The summed E-state index contributed by atoms with van der Waals surface area (Å²) in [6, 6.07) is 9.25. The summed E-state index contributed by atoms with van der Waals surface area (Å²) in [5, 5.41) is 10.2. The van der Waals surface area contributed by atoms with Gasteiger partial charge in [0.1, 0.15) is 12.4 Å². The van der Waals surface area contributed by atoms with E-state index in [9.17, 15) is 14.4 Å². The zero-order valence-corrected chi connectivity index (χ0v) is 16.2. The van der Waals surface area contributed by atoms with Crippen LogP contribution in [-0.2, 0) is 12.0 Å². The fraction of sp³-hybridized carbons (Fsp3) is 0.300. The van der Waals surface area contributed by atoms with Crippen LogP contribution in [0.25, 0.3) is 22.3 Å². The van der Waals surface area contributed by atoms with Crippen LogP contribution in [0.3, 0.4) is 0 Å². The molecule has 0 aliphatic carbocycles. The first-order valence-corrected chi connectivity index (χ1v) is 9.65. The lowest BCUT2D eigenvalue weighted by Gasteiger charge is -2.17. The molecule has 0 atom stereocenters. The van der Waals surface area contributed by atoms with Crippen LogP contribution in [0.4, 0.5) is 4.39 Å². The van der Waals surface area contributed by atoms with Gasteiger partial charge in [0.15, 0.2) is 0 Å². The number of thioether (sulfide) groups is 1. The van der Waals surface area contributed by atoms with Crippen LogP contribution in [0.2, 0.25) is 0 Å². The second-order valence-corrected chi connectivity index (χ2v) is 7.50. The molecule has 3 aromatic rings. The van der Waals surface area contributed by atoms with Crippen LogP contribution in [0.1, 0.15) is 19.4 Å². The van der Waals surface area contributed by atoms with Crippen molar-refractivity contribution in [3.63, 3.8) is 0 Å². The predicted molar refractivity (Wildman–Crippen MR) is 106 cm³/mol. The normalized spacial score (nSPS) is 11.5. The number of aromatic nitrogens is 3. The van der Waals surface area contributed by atoms with Crippen molar-refractivity contribution in [2.75, 3.05) is 12.9 Å². The maximum Gasteiger partial charge on any atom is 0.251 e. The Labute approximate surface area is 160 Å². The number of hydrogen-bond acceptors (Lipinski definition) is 5. The van der Waals surface area contributed by atoms with Gasteiger partial charge in [0, 0.05) is 22.5 Å². The van der Waals surface area contributed by atoms with E-state index in [4.69, 9.17) is 0 Å². The SMILES string of the molecule is CSc1cc(C(C)(C)C#N)cnc1-c1cc2ccc(=O)n(CCF)c2cn1. The Bertz CT molecular complexity index is 1100. The molecule has 0 saturated carbocycles. The van der Waals surface area contributed by atoms with Crippen LogP contribution in [0.15, 0.2) is 46.3 Å². The average molecular weight is 382 g/mol. The number of halogens is 1. The minimum atomic E-state index is -0.630. The van der Waals surface area contributed by atoms with E-state index >= 15 is 0 Å². The van der Waals surface area contributed by atoms with Crippen molar-refractivity contribution < 1.29 is 4.39 Å². The van der Waals surface area contributed by atoms with Crippen molar-refractivity contribution in [3.8, 4) is 17.5 Å². The third kappa shape index (κ3) is 3.58. The molecule has 0 N–H and O–H groups in total. The van der Waals surface area contributed by atoms with E-state index in [1.807, 2.05) is 32.2 Å². The second kappa shape index (κ2) is 7.49. The number of rotatable bonds is 5. The number of fused-ring (bicyclic) bond motifs is 1. The minimum absolute atomic E-state index is 0.00342. The summed E-state index contributed by atoms with van der Waals surface area (Å²) in [6.07, 6.45) is 5.23. The van der Waals surface area contributed by atoms with Gasteiger partial charge < -0.3 is 4.57 Å². The lowest BCUT2D eigenvalue weighted by atomic mass is 9.87. The van der Waals surface area contributed by atoms with E-state index in [2.05, 4.69) is 16.0 Å². The Hall–Kier alpha value is -2.72. The number of aryl methyl sites for hydroxylation is 1. The summed E-state index contributed by atoms with van der Waals surface area (Å²) in [5.74, 6) is 0. The third-order valence-corrected chi connectivity index (χ3v) is 5.25. The van der Waals surface area contributed by atoms with Crippen molar-refractivity contribution in [3.05, 3.63) is 52.6 Å². The Kier molecular flexibility index (Phi) is 5.29. The standard InChI is InChI=1S/C20H19FN4OS/c1-20(2,12-22)14-9-17(27-3)19(24-10-14)15-8-13-4-5-18(26)25(7-6-21)16(13)11-23-15/h4-5,8-11H,6-7H2,1-3H3. The first kappa shape index (κ1) is 19.1. The molecule has 0 radical (unpaired) electrons. The maximum atomic E-state index is 12.8. The highest BCUT2D eigenvalue weighted by molar-refractivity contribution is 7.98. The van der Waals surface area contributed by atoms with Gasteiger partial charge in [-0.3, -0.25) is 14.8 Å². The summed E-state index contributed by atoms with van der Waals surface area (Å²) in [5.41, 5.74) is 1.94. The van der Waals surface area contributed by atoms with Crippen molar-refractivity contribution in [2.24, 2.45) is 0 Å². The van der Waals surface area contributed by atoms with Crippen LogP contribution < -0.4 is 5.56 Å². The quantitative estimate of drug-likeness (QED) is 0.625. The number of alkyl halides is 1. The van der Waals surface area contributed by atoms with Gasteiger partial charge in [-0.15, -0.1) is 11.8 Å². The maximum absolute atomic E-state index is 12.8. The lowest BCUT2D eigenvalue weighted by Crippen LogP contribution is -2.20. The van der Waals surface area contributed by atoms with Gasteiger partial charge in [0.05, 0.1) is 35.4 Å². The van der Waals surface area contributed by atoms with E-state index in [0.29, 0.717) is 16.9 Å². The van der Waals surface area contributed by atoms with Gasteiger partial charge in [0.25, 0.3) is 5.56 Å². The summed E-state index contributed by atoms with van der Waals surface area (Å²) in [4.78, 5) is 21.9. The molecule has 3 rings (SSSR count). The lowest BCUT2D eigenvalue weighted by molar-refractivity contribution is 0.446. The molecular formula is C20H19FN4OS. The van der Waals surface area contributed by atoms with E-state index in [1.165, 1.54) is 22.4 Å². The Morgan fingerprint density at radius 2 is 2.04 bits per heavy atom. The average Bonchev–Trinajstić information content (AvgIpc) is 2.69. The highest BCUT2D eigenvalue weighted by atomic mass is 32.2. The molecular weight excluding hydrogens is 363 g/mol. The summed E-state index contributed by atoms with van der Waals surface area (Å²) in [7, 11) is 0. The third-order valence-electron chi connectivity index (χ3n) is 4.50. The molecule has 5 nitrogen and oxygen atoms in total. The van der Waals surface area contributed by atoms with E-state index in [1.54, 1.807) is 18.5 Å². The topological polar surface area (TPSA) is 71.6 Å². The van der Waals surface area contributed by atoms with Crippen LogP contribution in [-0.4, -0.2) is 27.5 Å². The molecule has 138 valence electrons. The molecule has 0 unspecified atom stereocenters. The molecule has 0 amide bonds. The zero-order chi connectivity index (χ0) is 19.6. The zero-order valence-electron chi connectivity index (χ0n) is 15.4. The molecule has 0 fully saturated rings. The number of nitriles is 1. The molecule has 0 aliphatic heterocycles. The largest absolute Gasteiger partial charge is 0.304 e. The highest BCUT2D eigenvalue weighted by Gasteiger charge is 2.22. The van der Waals surface area contributed by atoms with Crippen LogP contribution >= 0.6 is 11.8 Å². The Balaban J connectivity index is 2.14. The fourth-order valence-electron chi connectivity index (χ4n) is 2.84. The van der Waals surface area contributed by atoms with Crippen LogP contribution in [0.5, 0.6) is 0 Å².